The van der Waals surface area contributed by atoms with Gasteiger partial charge in [-0.1, -0.05) is 22.0 Å². The van der Waals surface area contributed by atoms with Crippen molar-refractivity contribution in [3.63, 3.8) is 0 Å². The van der Waals surface area contributed by atoms with E-state index in [-0.39, 0.29) is 0 Å². The molecule has 0 atom stereocenters. The van der Waals surface area contributed by atoms with Crippen molar-refractivity contribution in [1.29, 1.82) is 0 Å². The summed E-state index contributed by atoms with van der Waals surface area (Å²) in [5.74, 6) is 1.52. The fourth-order valence-corrected chi connectivity index (χ4v) is 2.03. The van der Waals surface area contributed by atoms with Crippen molar-refractivity contribution in [2.75, 3.05) is 18.5 Å². The van der Waals surface area contributed by atoms with Gasteiger partial charge in [-0.05, 0) is 40.8 Å². The highest BCUT2D eigenvalue weighted by molar-refractivity contribution is 9.10. The maximum Gasteiger partial charge on any atom is 0.200 e. The van der Waals surface area contributed by atoms with E-state index in [2.05, 4.69) is 41.9 Å². The van der Waals surface area contributed by atoms with Crippen LogP contribution in [-0.2, 0) is 0 Å². The van der Waals surface area contributed by atoms with E-state index in [4.69, 9.17) is 4.74 Å². The topological polar surface area (TPSA) is 77.2 Å². The van der Waals surface area contributed by atoms with E-state index in [1.165, 1.54) is 4.63 Å². The molecule has 20 heavy (non-hydrogen) atoms. The maximum atomic E-state index is 5.61. The predicted octanol–water partition coefficient (Wildman–Crippen LogP) is 1.77. The van der Waals surface area contributed by atoms with Crippen molar-refractivity contribution in [3.05, 3.63) is 40.9 Å². The van der Waals surface area contributed by atoms with Gasteiger partial charge in [-0.3, -0.25) is 0 Å². The Labute approximate surface area is 123 Å². The van der Waals surface area contributed by atoms with E-state index in [0.717, 1.165) is 10.2 Å². The molecule has 3 aromatic rings. The second-order valence-corrected chi connectivity index (χ2v) is 4.89. The van der Waals surface area contributed by atoms with Crippen LogP contribution in [-0.4, -0.2) is 38.4 Å². The highest BCUT2D eigenvalue weighted by Crippen LogP contribution is 2.17. The first-order chi connectivity index (χ1) is 9.81. The molecule has 0 aliphatic carbocycles. The van der Waals surface area contributed by atoms with Crippen LogP contribution in [0.2, 0.25) is 0 Å². The highest BCUT2D eigenvalue weighted by Gasteiger charge is 2.00. The number of aromatic nitrogens is 5. The lowest BCUT2D eigenvalue weighted by Crippen LogP contribution is -2.13. The molecule has 0 unspecified atom stereocenters. The quantitative estimate of drug-likeness (QED) is 0.716. The van der Waals surface area contributed by atoms with Gasteiger partial charge in [0.25, 0.3) is 0 Å². The Morgan fingerprint density at radius 2 is 2.20 bits per heavy atom. The van der Waals surface area contributed by atoms with Gasteiger partial charge in [-0.2, -0.15) is 0 Å². The van der Waals surface area contributed by atoms with E-state index in [1.807, 2.05) is 30.3 Å². The predicted molar refractivity (Wildman–Crippen MR) is 76.7 cm³/mol. The first-order valence-corrected chi connectivity index (χ1v) is 6.78. The molecule has 1 aromatic carbocycles. The zero-order valence-corrected chi connectivity index (χ0v) is 12.0. The van der Waals surface area contributed by atoms with Crippen LogP contribution in [0.3, 0.4) is 0 Å². The van der Waals surface area contributed by atoms with Crippen LogP contribution in [0.15, 0.2) is 40.9 Å². The van der Waals surface area contributed by atoms with E-state index in [9.17, 15) is 0 Å². The molecule has 0 bridgehead atoms. The summed E-state index contributed by atoms with van der Waals surface area (Å²) in [6, 6.07) is 11.3. The molecular weight excluding hydrogens is 324 g/mol. The molecule has 2 heterocycles. The number of hydrogen-bond acceptors (Lipinski definition) is 6. The van der Waals surface area contributed by atoms with Crippen LogP contribution in [0, 0.1) is 0 Å². The number of nitrogens with zero attached hydrogens (tertiary/aromatic N) is 5. The number of benzene rings is 1. The van der Waals surface area contributed by atoms with Crippen molar-refractivity contribution in [1.82, 2.24) is 25.3 Å². The summed E-state index contributed by atoms with van der Waals surface area (Å²) >= 11 is 3.40. The lowest BCUT2D eigenvalue weighted by molar-refractivity contribution is 0.332. The Kier molecular flexibility index (Phi) is 3.73. The summed E-state index contributed by atoms with van der Waals surface area (Å²) < 4.78 is 7.98. The number of ether oxygens (including phenoxy) is 1. The smallest absolute Gasteiger partial charge is 0.200 e. The lowest BCUT2D eigenvalue weighted by atomic mass is 10.3. The van der Waals surface area contributed by atoms with E-state index >= 15 is 0 Å². The van der Waals surface area contributed by atoms with Crippen LogP contribution in [0.25, 0.3) is 5.65 Å². The summed E-state index contributed by atoms with van der Waals surface area (Å²) in [6.45, 7) is 1.17. The summed E-state index contributed by atoms with van der Waals surface area (Å²) in [5, 5.41) is 18.4. The summed E-state index contributed by atoms with van der Waals surface area (Å²) in [7, 11) is 0. The van der Waals surface area contributed by atoms with Gasteiger partial charge in [0, 0.05) is 4.47 Å². The normalized spacial score (nSPS) is 10.7. The van der Waals surface area contributed by atoms with Crippen molar-refractivity contribution in [3.8, 4) is 5.75 Å². The minimum Gasteiger partial charge on any atom is -0.492 e. The molecule has 0 aliphatic rings. The lowest BCUT2D eigenvalue weighted by Gasteiger charge is -2.08. The van der Waals surface area contributed by atoms with E-state index in [1.54, 1.807) is 6.07 Å². The molecule has 3 rings (SSSR count). The van der Waals surface area contributed by atoms with Crippen molar-refractivity contribution in [2.24, 2.45) is 0 Å². The van der Waals surface area contributed by atoms with Crippen molar-refractivity contribution < 1.29 is 4.74 Å². The van der Waals surface area contributed by atoms with Gasteiger partial charge in [0.1, 0.15) is 18.2 Å². The Morgan fingerprint density at radius 3 is 3.10 bits per heavy atom. The number of tetrazole rings is 1. The molecule has 0 saturated carbocycles. The molecule has 7 nitrogen and oxygen atoms in total. The molecule has 102 valence electrons. The molecular formula is C12H11BrN6O. The number of fused-ring (bicyclic) bond motifs is 1. The second-order valence-electron chi connectivity index (χ2n) is 3.98. The highest BCUT2D eigenvalue weighted by atomic mass is 79.9. The van der Waals surface area contributed by atoms with Gasteiger partial charge in [-0.25, -0.2) is 0 Å². The standard InChI is InChI=1S/C12H11BrN6O/c13-9-2-1-3-10(8-9)20-7-6-14-11-4-5-12-15-17-18-19(12)16-11/h1-5,8H,6-7H2,(H,14,16). The first kappa shape index (κ1) is 12.8. The van der Waals surface area contributed by atoms with Gasteiger partial charge < -0.3 is 10.1 Å². The average Bonchev–Trinajstić information content (AvgIpc) is 2.91. The Bertz CT molecular complexity index is 716. The van der Waals surface area contributed by atoms with Gasteiger partial charge in [0.2, 0.25) is 0 Å². The average molecular weight is 335 g/mol. The molecule has 0 fully saturated rings. The molecule has 2 aromatic heterocycles. The van der Waals surface area contributed by atoms with Crippen LogP contribution in [0.5, 0.6) is 5.75 Å². The SMILES string of the molecule is Brc1cccc(OCCNc2ccc3nnnn3n2)c1. The molecule has 1 N–H and O–H groups in total. The molecule has 0 aliphatic heterocycles. The van der Waals surface area contributed by atoms with Gasteiger partial charge in [0.05, 0.1) is 6.54 Å². The van der Waals surface area contributed by atoms with Crippen molar-refractivity contribution in [2.45, 2.75) is 0 Å². The maximum absolute atomic E-state index is 5.61. The largest absolute Gasteiger partial charge is 0.492 e. The summed E-state index contributed by atoms with van der Waals surface area (Å²) in [6.07, 6.45) is 0. The number of halogens is 1. The number of hydrogen-bond donors (Lipinski definition) is 1. The van der Waals surface area contributed by atoms with Crippen LogP contribution in [0.1, 0.15) is 0 Å². The second kappa shape index (κ2) is 5.83. The van der Waals surface area contributed by atoms with Crippen molar-refractivity contribution >= 4 is 27.4 Å². The third-order valence-corrected chi connectivity index (χ3v) is 3.04. The molecule has 0 radical (unpaired) electrons. The zero-order valence-electron chi connectivity index (χ0n) is 10.4. The molecule has 8 heteroatoms. The Balaban J connectivity index is 1.52. The fraction of sp³-hybridized carbons (Fsp3) is 0.167. The Morgan fingerprint density at radius 1 is 1.25 bits per heavy atom. The van der Waals surface area contributed by atoms with Crippen LogP contribution < -0.4 is 10.1 Å². The number of nitrogens with one attached hydrogen (secondary N) is 1. The zero-order chi connectivity index (χ0) is 13.8. The molecule has 0 spiro atoms. The monoisotopic (exact) mass is 334 g/mol. The molecule has 0 saturated heterocycles. The van der Waals surface area contributed by atoms with Crippen LogP contribution in [0.4, 0.5) is 5.82 Å². The van der Waals surface area contributed by atoms with E-state index in [0.29, 0.717) is 24.6 Å². The number of anilines is 1. The summed E-state index contributed by atoms with van der Waals surface area (Å²) in [4.78, 5) is 0. The van der Waals surface area contributed by atoms with E-state index < -0.39 is 0 Å². The van der Waals surface area contributed by atoms with Crippen LogP contribution >= 0.6 is 15.9 Å². The minimum absolute atomic E-state index is 0.534. The number of rotatable bonds is 5. The first-order valence-electron chi connectivity index (χ1n) is 5.99. The fourth-order valence-electron chi connectivity index (χ4n) is 1.65. The summed E-state index contributed by atoms with van der Waals surface area (Å²) in [5.41, 5.74) is 0.612. The van der Waals surface area contributed by atoms with Gasteiger partial charge in [-0.15, -0.1) is 14.8 Å². The third-order valence-electron chi connectivity index (χ3n) is 2.54. The van der Waals surface area contributed by atoms with Gasteiger partial charge in [0.15, 0.2) is 5.65 Å². The Hall–Kier alpha value is -2.22. The minimum atomic E-state index is 0.534. The van der Waals surface area contributed by atoms with Gasteiger partial charge >= 0.3 is 0 Å². The molecule has 0 amide bonds. The third kappa shape index (κ3) is 3.02.